The van der Waals surface area contributed by atoms with Crippen LogP contribution in [0.15, 0.2) is 0 Å². The van der Waals surface area contributed by atoms with Crippen LogP contribution >= 0.6 is 0 Å². The van der Waals surface area contributed by atoms with Crippen LogP contribution in [0.25, 0.3) is 0 Å². The molecule has 1 aliphatic rings. The van der Waals surface area contributed by atoms with Gasteiger partial charge in [0.05, 0.1) is 13.2 Å². The highest BCUT2D eigenvalue weighted by Crippen LogP contribution is 2.23. The van der Waals surface area contributed by atoms with Crippen molar-refractivity contribution in [3.63, 3.8) is 0 Å². The van der Waals surface area contributed by atoms with Crippen molar-refractivity contribution in [2.75, 3.05) is 39.5 Å². The third kappa shape index (κ3) is 4.40. The third-order valence-electron chi connectivity index (χ3n) is 2.77. The second-order valence-corrected chi connectivity index (χ2v) is 4.88. The molecule has 84 valence electrons. The number of hydrogen-bond acceptors (Lipinski definition) is 3. The van der Waals surface area contributed by atoms with Crippen molar-refractivity contribution in [1.82, 2.24) is 4.90 Å². The Labute approximate surface area is 87.1 Å². The second-order valence-electron chi connectivity index (χ2n) is 4.88. The topological polar surface area (TPSA) is 32.7 Å². The number of hydrogen-bond donors (Lipinski definition) is 1. The van der Waals surface area contributed by atoms with E-state index in [9.17, 15) is 0 Å². The quantitative estimate of drug-likeness (QED) is 0.723. The number of ether oxygens (including phenoxy) is 1. The minimum Gasteiger partial charge on any atom is -0.396 e. The highest BCUT2D eigenvalue weighted by Gasteiger charge is 2.22. The van der Waals surface area contributed by atoms with Gasteiger partial charge in [-0.15, -0.1) is 0 Å². The molecule has 1 fully saturated rings. The first-order chi connectivity index (χ1) is 6.64. The van der Waals surface area contributed by atoms with Crippen LogP contribution in [0, 0.1) is 5.41 Å². The summed E-state index contributed by atoms with van der Waals surface area (Å²) in [4.78, 5) is 2.46. The fraction of sp³-hybridized carbons (Fsp3) is 1.00. The summed E-state index contributed by atoms with van der Waals surface area (Å²) < 4.78 is 5.31. The molecular formula is C11H23NO2. The van der Waals surface area contributed by atoms with Gasteiger partial charge in [-0.2, -0.15) is 0 Å². The van der Waals surface area contributed by atoms with Gasteiger partial charge in [-0.3, -0.25) is 4.90 Å². The average molecular weight is 201 g/mol. The molecular weight excluding hydrogens is 178 g/mol. The Morgan fingerprint density at radius 2 is 1.93 bits per heavy atom. The second kappa shape index (κ2) is 5.69. The van der Waals surface area contributed by atoms with Gasteiger partial charge in [0.25, 0.3) is 0 Å². The maximum Gasteiger partial charge on any atom is 0.0594 e. The lowest BCUT2D eigenvalue weighted by molar-refractivity contribution is 0.0191. The standard InChI is InChI=1S/C11H23NO2/c1-11(2,4-3-7-13)10-12-5-8-14-9-6-12/h13H,3-10H2,1-2H3. The van der Waals surface area contributed by atoms with Crippen LogP contribution in [-0.4, -0.2) is 49.5 Å². The highest BCUT2D eigenvalue weighted by molar-refractivity contribution is 4.75. The van der Waals surface area contributed by atoms with Crippen LogP contribution in [-0.2, 0) is 4.74 Å². The van der Waals surface area contributed by atoms with Gasteiger partial charge in [0.15, 0.2) is 0 Å². The monoisotopic (exact) mass is 201 g/mol. The zero-order valence-corrected chi connectivity index (χ0v) is 9.46. The first-order valence-electron chi connectivity index (χ1n) is 5.55. The average Bonchev–Trinajstić information content (AvgIpc) is 2.16. The van der Waals surface area contributed by atoms with Gasteiger partial charge < -0.3 is 9.84 Å². The van der Waals surface area contributed by atoms with Gasteiger partial charge in [-0.25, -0.2) is 0 Å². The molecule has 0 atom stereocenters. The van der Waals surface area contributed by atoms with Crippen molar-refractivity contribution in [3.8, 4) is 0 Å². The zero-order chi connectivity index (χ0) is 10.4. The molecule has 0 amide bonds. The smallest absolute Gasteiger partial charge is 0.0594 e. The van der Waals surface area contributed by atoms with Crippen LogP contribution in [0.5, 0.6) is 0 Å². The molecule has 0 aliphatic carbocycles. The summed E-state index contributed by atoms with van der Waals surface area (Å²) in [6.45, 7) is 9.84. The van der Waals surface area contributed by atoms with Gasteiger partial charge in [0.1, 0.15) is 0 Å². The molecule has 1 N–H and O–H groups in total. The summed E-state index contributed by atoms with van der Waals surface area (Å²) in [6, 6.07) is 0. The molecule has 1 saturated heterocycles. The van der Waals surface area contributed by atoms with Crippen LogP contribution in [0.4, 0.5) is 0 Å². The largest absolute Gasteiger partial charge is 0.396 e. The van der Waals surface area contributed by atoms with E-state index >= 15 is 0 Å². The molecule has 3 nitrogen and oxygen atoms in total. The van der Waals surface area contributed by atoms with E-state index in [1.807, 2.05) is 0 Å². The van der Waals surface area contributed by atoms with Crippen molar-refractivity contribution in [1.29, 1.82) is 0 Å². The molecule has 14 heavy (non-hydrogen) atoms. The summed E-state index contributed by atoms with van der Waals surface area (Å²) in [5.41, 5.74) is 0.320. The minimum absolute atomic E-state index is 0.312. The Morgan fingerprint density at radius 3 is 2.50 bits per heavy atom. The van der Waals surface area contributed by atoms with E-state index in [1.54, 1.807) is 0 Å². The van der Waals surface area contributed by atoms with Crippen LogP contribution in [0.1, 0.15) is 26.7 Å². The molecule has 0 saturated carbocycles. The van der Waals surface area contributed by atoms with E-state index in [0.717, 1.165) is 45.7 Å². The molecule has 1 aliphatic heterocycles. The fourth-order valence-corrected chi connectivity index (χ4v) is 2.00. The summed E-state index contributed by atoms with van der Waals surface area (Å²) in [7, 11) is 0. The Morgan fingerprint density at radius 1 is 1.29 bits per heavy atom. The molecule has 1 rings (SSSR count). The van der Waals surface area contributed by atoms with Gasteiger partial charge in [-0.05, 0) is 18.3 Å². The van der Waals surface area contributed by atoms with Gasteiger partial charge in [-0.1, -0.05) is 13.8 Å². The van der Waals surface area contributed by atoms with E-state index in [1.165, 1.54) is 0 Å². The summed E-state index contributed by atoms with van der Waals surface area (Å²) >= 11 is 0. The molecule has 0 radical (unpaired) electrons. The summed E-state index contributed by atoms with van der Waals surface area (Å²) in [6.07, 6.45) is 2.01. The van der Waals surface area contributed by atoms with Crippen molar-refractivity contribution in [2.45, 2.75) is 26.7 Å². The highest BCUT2D eigenvalue weighted by atomic mass is 16.5. The van der Waals surface area contributed by atoms with Crippen molar-refractivity contribution >= 4 is 0 Å². The third-order valence-corrected chi connectivity index (χ3v) is 2.77. The fourth-order valence-electron chi connectivity index (χ4n) is 2.00. The maximum atomic E-state index is 8.80. The molecule has 3 heteroatoms. The minimum atomic E-state index is 0.312. The summed E-state index contributed by atoms with van der Waals surface area (Å²) in [5.74, 6) is 0. The van der Waals surface area contributed by atoms with Gasteiger partial charge in [0.2, 0.25) is 0 Å². The number of morpholine rings is 1. The molecule has 0 spiro atoms. The number of aliphatic hydroxyl groups excluding tert-OH is 1. The van der Waals surface area contributed by atoms with E-state index < -0.39 is 0 Å². The van der Waals surface area contributed by atoms with E-state index in [4.69, 9.17) is 9.84 Å². The predicted molar refractivity (Wildman–Crippen MR) is 57.4 cm³/mol. The van der Waals surface area contributed by atoms with E-state index in [2.05, 4.69) is 18.7 Å². The number of aliphatic hydroxyl groups is 1. The van der Waals surface area contributed by atoms with Crippen molar-refractivity contribution in [3.05, 3.63) is 0 Å². The van der Waals surface area contributed by atoms with Crippen LogP contribution in [0.2, 0.25) is 0 Å². The lowest BCUT2D eigenvalue weighted by atomic mass is 9.87. The van der Waals surface area contributed by atoms with Crippen molar-refractivity contribution < 1.29 is 9.84 Å². The Kier molecular flexibility index (Phi) is 4.85. The zero-order valence-electron chi connectivity index (χ0n) is 9.46. The predicted octanol–water partition coefficient (Wildman–Crippen LogP) is 1.12. The molecule has 1 heterocycles. The Balaban J connectivity index is 2.25. The molecule has 0 bridgehead atoms. The maximum absolute atomic E-state index is 8.80. The molecule has 0 aromatic carbocycles. The lowest BCUT2D eigenvalue weighted by Gasteiger charge is -2.34. The van der Waals surface area contributed by atoms with Crippen molar-refractivity contribution in [2.24, 2.45) is 5.41 Å². The molecule has 0 aromatic rings. The number of rotatable bonds is 5. The first-order valence-corrected chi connectivity index (χ1v) is 5.55. The first kappa shape index (κ1) is 12.0. The van der Waals surface area contributed by atoms with E-state index in [-0.39, 0.29) is 0 Å². The van der Waals surface area contributed by atoms with Gasteiger partial charge >= 0.3 is 0 Å². The van der Waals surface area contributed by atoms with Gasteiger partial charge in [0, 0.05) is 26.2 Å². The SMILES string of the molecule is CC(C)(CCCO)CN1CCOCC1. The van der Waals surface area contributed by atoms with E-state index in [0.29, 0.717) is 12.0 Å². The Bertz CT molecular complexity index is 153. The lowest BCUT2D eigenvalue weighted by Crippen LogP contribution is -2.42. The molecule has 0 aromatic heterocycles. The van der Waals surface area contributed by atoms with Crippen LogP contribution in [0.3, 0.4) is 0 Å². The summed E-state index contributed by atoms with van der Waals surface area (Å²) in [5, 5.41) is 8.80. The number of nitrogens with zero attached hydrogens (tertiary/aromatic N) is 1. The normalized spacial score (nSPS) is 19.9. The molecule has 0 unspecified atom stereocenters. The van der Waals surface area contributed by atoms with Crippen LogP contribution < -0.4 is 0 Å². The Hall–Kier alpha value is -0.120.